The Balaban J connectivity index is 1.71. The van der Waals surface area contributed by atoms with Gasteiger partial charge in [-0.15, -0.1) is 0 Å². The molecule has 0 aliphatic carbocycles. The first-order valence-corrected chi connectivity index (χ1v) is 8.55. The standard InChI is InChI=1S/C18H21ClN4O/c1-12-4-3-7-23(11-12)17(24)14-9-20-18(21-10-14)22-16-8-15(19)6-5-13(16)2/h5-6,8-10,12H,3-4,7,11H2,1-2H3,(H,20,21,22). The highest BCUT2D eigenvalue weighted by molar-refractivity contribution is 6.30. The number of halogens is 1. The van der Waals surface area contributed by atoms with Crippen molar-refractivity contribution in [2.24, 2.45) is 5.92 Å². The summed E-state index contributed by atoms with van der Waals surface area (Å²) in [5.41, 5.74) is 2.43. The number of aryl methyl sites for hydroxylation is 1. The van der Waals surface area contributed by atoms with E-state index in [1.165, 1.54) is 6.42 Å². The molecule has 1 unspecified atom stereocenters. The molecule has 1 atom stereocenters. The smallest absolute Gasteiger partial charge is 0.257 e. The van der Waals surface area contributed by atoms with Crippen LogP contribution in [-0.2, 0) is 0 Å². The average Bonchev–Trinajstić information content (AvgIpc) is 2.58. The third kappa shape index (κ3) is 3.85. The molecule has 2 heterocycles. The van der Waals surface area contributed by atoms with Gasteiger partial charge in [0, 0.05) is 36.2 Å². The molecule has 1 aliphatic heterocycles. The minimum atomic E-state index is 0.00651. The zero-order valence-corrected chi connectivity index (χ0v) is 14.7. The predicted octanol–water partition coefficient (Wildman–Crippen LogP) is 4.05. The molecule has 1 aliphatic rings. The van der Waals surface area contributed by atoms with Crippen LogP contribution in [0.3, 0.4) is 0 Å². The SMILES string of the molecule is Cc1ccc(Cl)cc1Nc1ncc(C(=O)N2CCCC(C)C2)cn1. The van der Waals surface area contributed by atoms with Crippen molar-refractivity contribution in [3.63, 3.8) is 0 Å². The van der Waals surface area contributed by atoms with Crippen molar-refractivity contribution in [1.82, 2.24) is 14.9 Å². The van der Waals surface area contributed by atoms with Crippen LogP contribution in [0.25, 0.3) is 0 Å². The zero-order chi connectivity index (χ0) is 17.1. The number of aromatic nitrogens is 2. The molecule has 126 valence electrons. The summed E-state index contributed by atoms with van der Waals surface area (Å²) in [5, 5.41) is 3.78. The molecule has 0 saturated carbocycles. The first-order valence-electron chi connectivity index (χ1n) is 8.17. The number of nitrogens with zero attached hydrogens (tertiary/aromatic N) is 3. The second-order valence-electron chi connectivity index (χ2n) is 6.38. The maximum Gasteiger partial charge on any atom is 0.257 e. The van der Waals surface area contributed by atoms with Crippen LogP contribution in [0, 0.1) is 12.8 Å². The van der Waals surface area contributed by atoms with Crippen LogP contribution in [-0.4, -0.2) is 33.9 Å². The second kappa shape index (κ2) is 7.18. The normalized spacial score (nSPS) is 17.6. The van der Waals surface area contributed by atoms with Crippen LogP contribution in [0.1, 0.15) is 35.7 Å². The topological polar surface area (TPSA) is 58.1 Å². The lowest BCUT2D eigenvalue weighted by Gasteiger charge is -2.30. The number of anilines is 2. The number of hydrogen-bond donors (Lipinski definition) is 1. The van der Waals surface area contributed by atoms with E-state index < -0.39 is 0 Å². The Bertz CT molecular complexity index is 732. The van der Waals surface area contributed by atoms with E-state index in [0.717, 1.165) is 30.8 Å². The van der Waals surface area contributed by atoms with Gasteiger partial charge in [0.05, 0.1) is 5.56 Å². The Morgan fingerprint density at radius 2 is 2.08 bits per heavy atom. The third-order valence-electron chi connectivity index (χ3n) is 4.29. The van der Waals surface area contributed by atoms with Gasteiger partial charge in [0.1, 0.15) is 0 Å². The molecule has 2 aromatic rings. The number of amides is 1. The van der Waals surface area contributed by atoms with Gasteiger partial charge in [-0.1, -0.05) is 24.6 Å². The Morgan fingerprint density at radius 3 is 2.79 bits per heavy atom. The van der Waals surface area contributed by atoms with Gasteiger partial charge >= 0.3 is 0 Å². The summed E-state index contributed by atoms with van der Waals surface area (Å²) in [6.45, 7) is 5.77. The lowest BCUT2D eigenvalue weighted by atomic mass is 10.00. The fourth-order valence-corrected chi connectivity index (χ4v) is 3.08. The van der Waals surface area contributed by atoms with Crippen molar-refractivity contribution in [3.8, 4) is 0 Å². The van der Waals surface area contributed by atoms with E-state index >= 15 is 0 Å². The van der Waals surface area contributed by atoms with E-state index in [9.17, 15) is 4.79 Å². The summed E-state index contributed by atoms with van der Waals surface area (Å²) in [7, 11) is 0. The number of carbonyl (C=O) groups is 1. The van der Waals surface area contributed by atoms with Gasteiger partial charge in [-0.25, -0.2) is 9.97 Å². The van der Waals surface area contributed by atoms with Crippen LogP contribution in [0.5, 0.6) is 0 Å². The van der Waals surface area contributed by atoms with Crippen molar-refractivity contribution >= 4 is 29.1 Å². The van der Waals surface area contributed by atoms with Gasteiger partial charge in [0.25, 0.3) is 5.91 Å². The highest BCUT2D eigenvalue weighted by Crippen LogP contribution is 2.23. The third-order valence-corrected chi connectivity index (χ3v) is 4.52. The fraction of sp³-hybridized carbons (Fsp3) is 0.389. The van der Waals surface area contributed by atoms with Gasteiger partial charge in [-0.3, -0.25) is 4.79 Å². The lowest BCUT2D eigenvalue weighted by Crippen LogP contribution is -2.39. The van der Waals surface area contributed by atoms with E-state index in [1.54, 1.807) is 12.4 Å². The number of nitrogens with one attached hydrogen (secondary N) is 1. The van der Waals surface area contributed by atoms with Gasteiger partial charge in [0.15, 0.2) is 0 Å². The molecular formula is C18H21ClN4O. The number of piperidine rings is 1. The first-order chi connectivity index (χ1) is 11.5. The molecule has 1 amide bonds. The van der Waals surface area contributed by atoms with Crippen LogP contribution in [0.2, 0.25) is 5.02 Å². The molecule has 0 bridgehead atoms. The van der Waals surface area contributed by atoms with Crippen molar-refractivity contribution in [2.45, 2.75) is 26.7 Å². The van der Waals surface area contributed by atoms with Crippen LogP contribution >= 0.6 is 11.6 Å². The molecular weight excluding hydrogens is 324 g/mol. The van der Waals surface area contributed by atoms with E-state index in [2.05, 4.69) is 22.2 Å². The first kappa shape index (κ1) is 16.7. The summed E-state index contributed by atoms with van der Waals surface area (Å²) < 4.78 is 0. The Kier molecular flexibility index (Phi) is 5.00. The second-order valence-corrected chi connectivity index (χ2v) is 6.81. The average molecular weight is 345 g/mol. The Labute approximate surface area is 147 Å². The Morgan fingerprint density at radius 1 is 1.33 bits per heavy atom. The molecule has 1 N–H and O–H groups in total. The van der Waals surface area contributed by atoms with Gasteiger partial charge in [-0.2, -0.15) is 0 Å². The summed E-state index contributed by atoms with van der Waals surface area (Å²) >= 11 is 6.02. The molecule has 3 rings (SSSR count). The van der Waals surface area contributed by atoms with Gasteiger partial charge < -0.3 is 10.2 Å². The maximum absolute atomic E-state index is 12.5. The number of benzene rings is 1. The van der Waals surface area contributed by atoms with Crippen molar-refractivity contribution in [3.05, 3.63) is 46.7 Å². The number of likely N-dealkylation sites (tertiary alicyclic amines) is 1. The molecule has 1 aromatic heterocycles. The summed E-state index contributed by atoms with van der Waals surface area (Å²) in [6.07, 6.45) is 5.40. The van der Waals surface area contributed by atoms with E-state index in [-0.39, 0.29) is 5.91 Å². The number of hydrogen-bond acceptors (Lipinski definition) is 4. The highest BCUT2D eigenvalue weighted by atomic mass is 35.5. The number of carbonyl (C=O) groups excluding carboxylic acids is 1. The van der Waals surface area contributed by atoms with Crippen LogP contribution in [0.15, 0.2) is 30.6 Å². The molecule has 6 heteroatoms. The Hall–Kier alpha value is -2.14. The highest BCUT2D eigenvalue weighted by Gasteiger charge is 2.22. The summed E-state index contributed by atoms with van der Waals surface area (Å²) in [6, 6.07) is 5.60. The predicted molar refractivity (Wildman–Crippen MR) is 95.8 cm³/mol. The van der Waals surface area contributed by atoms with Crippen LogP contribution in [0.4, 0.5) is 11.6 Å². The number of rotatable bonds is 3. The van der Waals surface area contributed by atoms with Crippen molar-refractivity contribution in [1.29, 1.82) is 0 Å². The van der Waals surface area contributed by atoms with Crippen molar-refractivity contribution in [2.75, 3.05) is 18.4 Å². The minimum Gasteiger partial charge on any atom is -0.338 e. The van der Waals surface area contributed by atoms with Gasteiger partial charge in [-0.05, 0) is 43.4 Å². The lowest BCUT2D eigenvalue weighted by molar-refractivity contribution is 0.0682. The molecule has 0 spiro atoms. The maximum atomic E-state index is 12.5. The summed E-state index contributed by atoms with van der Waals surface area (Å²) in [5.74, 6) is 1.01. The quantitative estimate of drug-likeness (QED) is 0.912. The fourth-order valence-electron chi connectivity index (χ4n) is 2.91. The molecule has 5 nitrogen and oxygen atoms in total. The van der Waals surface area contributed by atoms with Crippen molar-refractivity contribution < 1.29 is 4.79 Å². The zero-order valence-electron chi connectivity index (χ0n) is 13.9. The largest absolute Gasteiger partial charge is 0.338 e. The molecule has 0 radical (unpaired) electrons. The summed E-state index contributed by atoms with van der Waals surface area (Å²) in [4.78, 5) is 22.9. The monoisotopic (exact) mass is 344 g/mol. The van der Waals surface area contributed by atoms with E-state index in [0.29, 0.717) is 22.5 Å². The molecule has 1 aromatic carbocycles. The molecule has 24 heavy (non-hydrogen) atoms. The van der Waals surface area contributed by atoms with Crippen LogP contribution < -0.4 is 5.32 Å². The van der Waals surface area contributed by atoms with E-state index in [4.69, 9.17) is 11.6 Å². The minimum absolute atomic E-state index is 0.00651. The van der Waals surface area contributed by atoms with E-state index in [1.807, 2.05) is 30.0 Å². The molecule has 1 fully saturated rings. The molecule has 1 saturated heterocycles. The van der Waals surface area contributed by atoms with Gasteiger partial charge in [0.2, 0.25) is 5.95 Å².